The summed E-state index contributed by atoms with van der Waals surface area (Å²) in [5.74, 6) is 0. The van der Waals surface area contributed by atoms with E-state index in [-0.39, 0.29) is 43.2 Å². The van der Waals surface area contributed by atoms with Crippen molar-refractivity contribution < 1.29 is 35.0 Å². The maximum atomic E-state index is 8.59. The van der Waals surface area contributed by atoms with E-state index in [9.17, 15) is 0 Å². The number of rotatable bonds is 0. The second-order valence-electron chi connectivity index (χ2n) is 0.408. The van der Waals surface area contributed by atoms with Crippen molar-refractivity contribution in [3.8, 4) is 0 Å². The second kappa shape index (κ2) is 5.41. The first-order valence-electron chi connectivity index (χ1n) is 0.667. The zero-order chi connectivity index (χ0) is 4.50. The molecule has 0 aliphatic rings. The van der Waals surface area contributed by atoms with Gasteiger partial charge in [0.2, 0.25) is 0 Å². The first-order chi connectivity index (χ1) is 2.00. The van der Waals surface area contributed by atoms with E-state index >= 15 is 0 Å². The van der Waals surface area contributed by atoms with Crippen LogP contribution in [0.5, 0.6) is 0 Å². The zero-order valence-electron chi connectivity index (χ0n) is 3.25. The van der Waals surface area contributed by atoms with Gasteiger partial charge in [0.25, 0.3) is 0 Å². The van der Waals surface area contributed by atoms with E-state index in [0.29, 0.717) is 0 Å². The Morgan fingerprint density at radius 2 is 1.14 bits per heavy atom. The van der Waals surface area contributed by atoms with Crippen LogP contribution in [0.4, 0.5) is 0 Å². The van der Waals surface area contributed by atoms with Crippen molar-refractivity contribution in [3.05, 3.63) is 0 Å². The summed E-state index contributed by atoms with van der Waals surface area (Å²) >= 11 is -5.75. The zero-order valence-corrected chi connectivity index (χ0v) is 6.73. The van der Waals surface area contributed by atoms with E-state index in [0.717, 1.165) is 0 Å². The summed E-state index contributed by atoms with van der Waals surface area (Å²) in [5.41, 5.74) is 0. The minimum atomic E-state index is -5.75. The van der Waals surface area contributed by atoms with Crippen molar-refractivity contribution in [2.75, 3.05) is 0 Å². The molecule has 0 aromatic heterocycles. The van der Waals surface area contributed by atoms with E-state index in [4.69, 9.17) is 15.9 Å². The number of hydrogen-bond donors (Lipinski definition) is 0. The molecular formula is H2CaCrO5. The Morgan fingerprint density at radius 3 is 1.14 bits per heavy atom. The molecule has 0 radical (unpaired) electrons. The molecule has 0 rings (SSSR count). The Bertz CT molecular complexity index is 91.2. The van der Waals surface area contributed by atoms with Crippen molar-refractivity contribution in [3.63, 3.8) is 0 Å². The molecule has 0 bridgehead atoms. The molecule has 5 nitrogen and oxygen atoms in total. The third-order valence-electron chi connectivity index (χ3n) is 0. The van der Waals surface area contributed by atoms with Crippen molar-refractivity contribution in [1.29, 1.82) is 0 Å². The Balaban J connectivity index is -0.0000000800. The molecule has 0 amide bonds. The molecule has 0 spiro atoms. The Hall–Kier alpha value is 1.27. The topological polar surface area (TPSA) is 112 Å². The van der Waals surface area contributed by atoms with Crippen LogP contribution in [0.25, 0.3) is 0 Å². The monoisotopic (exact) mass is 174 g/mol. The van der Waals surface area contributed by atoms with Gasteiger partial charge in [0.15, 0.2) is 0 Å². The molecule has 0 atom stereocenters. The first-order valence-corrected chi connectivity index (χ1v) is 2.75. The molecule has 7 heteroatoms. The quantitative estimate of drug-likeness (QED) is 0.350. The molecule has 7 heavy (non-hydrogen) atoms. The SMILES string of the molecule is O.[Ca+2].[O]=[Cr](=[O])([O-])[O-]. The van der Waals surface area contributed by atoms with Crippen molar-refractivity contribution in [1.82, 2.24) is 0 Å². The Morgan fingerprint density at radius 1 is 1.14 bits per heavy atom. The average Bonchev–Trinajstić information content (AvgIpc) is 0.722. The van der Waals surface area contributed by atoms with Crippen molar-refractivity contribution in [2.24, 2.45) is 0 Å². The summed E-state index contributed by atoms with van der Waals surface area (Å²) < 4.78 is 34.4. The summed E-state index contributed by atoms with van der Waals surface area (Å²) in [6, 6.07) is 0. The van der Waals surface area contributed by atoms with Gasteiger partial charge in [-0.15, -0.1) is 0 Å². The summed E-state index contributed by atoms with van der Waals surface area (Å²) in [7, 11) is 0. The molecule has 0 saturated heterocycles. The van der Waals surface area contributed by atoms with Crippen LogP contribution in [-0.2, 0) is 21.2 Å². The van der Waals surface area contributed by atoms with Gasteiger partial charge in [-0.05, 0) is 0 Å². The molecule has 0 saturated carbocycles. The fourth-order valence-electron chi connectivity index (χ4n) is 0. The molecule has 0 heterocycles. The van der Waals surface area contributed by atoms with Crippen LogP contribution in [0.2, 0.25) is 0 Å². The molecule has 40 valence electrons. The first kappa shape index (κ1) is 15.7. The van der Waals surface area contributed by atoms with Crippen LogP contribution in [0.3, 0.4) is 0 Å². The summed E-state index contributed by atoms with van der Waals surface area (Å²) in [4.78, 5) is 0. The van der Waals surface area contributed by atoms with Gasteiger partial charge < -0.3 is 5.48 Å². The van der Waals surface area contributed by atoms with Gasteiger partial charge in [-0.1, -0.05) is 0 Å². The predicted molar refractivity (Wildman–Crippen MR) is 10.7 cm³/mol. The van der Waals surface area contributed by atoms with Gasteiger partial charge in [-0.3, -0.25) is 0 Å². The van der Waals surface area contributed by atoms with Gasteiger partial charge in [0.05, 0.1) is 0 Å². The third kappa shape index (κ3) is 125. The van der Waals surface area contributed by atoms with Crippen LogP contribution in [0.15, 0.2) is 0 Å². The van der Waals surface area contributed by atoms with Crippen molar-refractivity contribution >= 4 is 37.7 Å². The average molecular weight is 174 g/mol. The number of hydrogen-bond acceptors (Lipinski definition) is 4. The van der Waals surface area contributed by atoms with Gasteiger partial charge in [0, 0.05) is 0 Å². The molecular weight excluding hydrogens is 172 g/mol. The fraction of sp³-hybridized carbons (Fsp3) is 0. The normalized spacial score (nSPS) is 8.29. The van der Waals surface area contributed by atoms with Crippen LogP contribution in [-0.4, -0.2) is 43.2 Å². The van der Waals surface area contributed by atoms with E-state index in [1.807, 2.05) is 0 Å². The van der Waals surface area contributed by atoms with Crippen LogP contribution >= 0.6 is 0 Å². The van der Waals surface area contributed by atoms with Crippen LogP contribution < -0.4 is 8.32 Å². The van der Waals surface area contributed by atoms with Crippen molar-refractivity contribution in [2.45, 2.75) is 0 Å². The molecule has 0 unspecified atom stereocenters. The molecule has 0 aliphatic carbocycles. The van der Waals surface area contributed by atoms with Gasteiger partial charge in [-0.25, -0.2) is 0 Å². The standard InChI is InChI=1S/Ca.Cr.H2O.4O/h;;1H2;;;;/q+2;;;;;2*-1. The third-order valence-corrected chi connectivity index (χ3v) is 0. The Labute approximate surface area is 72.0 Å². The summed E-state index contributed by atoms with van der Waals surface area (Å²) in [6.07, 6.45) is 0. The van der Waals surface area contributed by atoms with Gasteiger partial charge in [0.1, 0.15) is 0 Å². The van der Waals surface area contributed by atoms with E-state index in [1.165, 1.54) is 0 Å². The van der Waals surface area contributed by atoms with Gasteiger partial charge >= 0.3 is 67.3 Å². The second-order valence-corrected chi connectivity index (χ2v) is 1.68. The molecule has 0 aliphatic heterocycles. The maximum absolute atomic E-state index is 8.59. The molecule has 0 fully saturated rings. The summed E-state index contributed by atoms with van der Waals surface area (Å²) in [5, 5.41) is 0. The molecule has 0 aromatic rings. The predicted octanol–water partition coefficient (Wildman–Crippen LogP) is -3.82. The van der Waals surface area contributed by atoms with Gasteiger partial charge in [-0.2, -0.15) is 0 Å². The van der Waals surface area contributed by atoms with Crippen LogP contribution in [0.1, 0.15) is 0 Å². The van der Waals surface area contributed by atoms with E-state index < -0.39 is 13.6 Å². The molecule has 0 aromatic carbocycles. The van der Waals surface area contributed by atoms with Crippen LogP contribution in [0, 0.1) is 0 Å². The minimum absolute atomic E-state index is 0. The Kier molecular flexibility index (Phi) is 12.2. The summed E-state index contributed by atoms with van der Waals surface area (Å²) in [6.45, 7) is 0. The fourth-order valence-corrected chi connectivity index (χ4v) is 0. The molecule has 2 N–H and O–H groups in total. The van der Waals surface area contributed by atoms with E-state index in [2.05, 4.69) is 0 Å². The van der Waals surface area contributed by atoms with E-state index in [1.54, 1.807) is 0 Å².